The van der Waals surface area contributed by atoms with Crippen molar-refractivity contribution in [2.24, 2.45) is 0 Å². The van der Waals surface area contributed by atoms with Crippen LogP contribution < -0.4 is 10.2 Å². The molecule has 0 saturated carbocycles. The van der Waals surface area contributed by atoms with E-state index in [-0.39, 0.29) is 11.2 Å². The fourth-order valence-electron chi connectivity index (χ4n) is 1.41. The number of ether oxygens (including phenoxy) is 1. The van der Waals surface area contributed by atoms with E-state index >= 15 is 0 Å². The van der Waals surface area contributed by atoms with Gasteiger partial charge in [-0.1, -0.05) is 13.3 Å². The fourth-order valence-corrected chi connectivity index (χ4v) is 2.03. The van der Waals surface area contributed by atoms with Gasteiger partial charge in [-0.05, 0) is 24.8 Å². The van der Waals surface area contributed by atoms with Gasteiger partial charge in [0.15, 0.2) is 11.6 Å². The number of hydrogen-bond acceptors (Lipinski definition) is 4. The minimum Gasteiger partial charge on any atom is -0.491 e. The SMILES string of the molecule is CCCCOc1ccc(SC)c(B(O)O)c1F. The molecule has 0 spiro atoms. The highest BCUT2D eigenvalue weighted by atomic mass is 32.2. The van der Waals surface area contributed by atoms with Crippen molar-refractivity contribution in [1.82, 2.24) is 0 Å². The first-order chi connectivity index (χ1) is 8.11. The number of benzene rings is 1. The van der Waals surface area contributed by atoms with Crippen LogP contribution in [0.2, 0.25) is 0 Å². The number of hydrogen-bond donors (Lipinski definition) is 2. The van der Waals surface area contributed by atoms with Crippen LogP contribution in [-0.2, 0) is 0 Å². The van der Waals surface area contributed by atoms with Gasteiger partial charge in [0.1, 0.15) is 0 Å². The summed E-state index contributed by atoms with van der Waals surface area (Å²) >= 11 is 1.26. The van der Waals surface area contributed by atoms with Gasteiger partial charge in [0.05, 0.1) is 6.61 Å². The molecule has 0 radical (unpaired) electrons. The first-order valence-electron chi connectivity index (χ1n) is 5.47. The zero-order chi connectivity index (χ0) is 12.8. The van der Waals surface area contributed by atoms with Crippen molar-refractivity contribution in [3.63, 3.8) is 0 Å². The smallest absolute Gasteiger partial charge is 0.491 e. The monoisotopic (exact) mass is 258 g/mol. The lowest BCUT2D eigenvalue weighted by Crippen LogP contribution is -2.34. The molecular formula is C11H16BFO3S. The van der Waals surface area contributed by atoms with E-state index < -0.39 is 12.9 Å². The van der Waals surface area contributed by atoms with Crippen LogP contribution in [0.3, 0.4) is 0 Å². The molecule has 0 amide bonds. The second kappa shape index (κ2) is 6.88. The Morgan fingerprint density at radius 3 is 2.65 bits per heavy atom. The topological polar surface area (TPSA) is 49.7 Å². The molecule has 0 bridgehead atoms. The molecule has 0 saturated heterocycles. The van der Waals surface area contributed by atoms with Crippen LogP contribution in [-0.4, -0.2) is 30.0 Å². The largest absolute Gasteiger partial charge is 0.492 e. The normalized spacial score (nSPS) is 10.4. The number of unbranched alkanes of at least 4 members (excludes halogenated alkanes) is 1. The Labute approximate surface area is 105 Å². The van der Waals surface area contributed by atoms with Crippen LogP contribution in [0.4, 0.5) is 4.39 Å². The van der Waals surface area contributed by atoms with Crippen LogP contribution in [0.1, 0.15) is 19.8 Å². The van der Waals surface area contributed by atoms with Crippen molar-refractivity contribution in [2.75, 3.05) is 12.9 Å². The van der Waals surface area contributed by atoms with Crippen LogP contribution in [0.25, 0.3) is 0 Å². The van der Waals surface area contributed by atoms with E-state index in [1.54, 1.807) is 12.3 Å². The van der Waals surface area contributed by atoms with E-state index in [0.717, 1.165) is 12.8 Å². The zero-order valence-electron chi connectivity index (χ0n) is 9.94. The highest BCUT2D eigenvalue weighted by Gasteiger charge is 2.23. The van der Waals surface area contributed by atoms with Crippen LogP contribution >= 0.6 is 11.8 Å². The van der Waals surface area contributed by atoms with Crippen molar-refractivity contribution in [3.05, 3.63) is 17.9 Å². The van der Waals surface area contributed by atoms with Crippen LogP contribution in [0.15, 0.2) is 17.0 Å². The molecule has 0 heterocycles. The molecule has 0 aliphatic rings. The summed E-state index contributed by atoms with van der Waals surface area (Å²) in [5, 5.41) is 18.3. The predicted molar refractivity (Wildman–Crippen MR) is 68.4 cm³/mol. The predicted octanol–water partition coefficient (Wildman–Crippen LogP) is 1.41. The first-order valence-corrected chi connectivity index (χ1v) is 6.69. The first kappa shape index (κ1) is 14.3. The molecule has 0 aliphatic heterocycles. The fraction of sp³-hybridized carbons (Fsp3) is 0.455. The maximum absolute atomic E-state index is 13.9. The van der Waals surface area contributed by atoms with E-state index in [0.29, 0.717) is 11.5 Å². The zero-order valence-corrected chi connectivity index (χ0v) is 10.8. The third kappa shape index (κ3) is 3.62. The van der Waals surface area contributed by atoms with E-state index in [2.05, 4.69) is 0 Å². The Bertz CT molecular complexity index is 374. The molecular weight excluding hydrogens is 242 g/mol. The van der Waals surface area contributed by atoms with Crippen LogP contribution in [0, 0.1) is 5.82 Å². The van der Waals surface area contributed by atoms with Gasteiger partial charge >= 0.3 is 7.12 Å². The molecule has 6 heteroatoms. The Hall–Kier alpha value is -0.715. The molecule has 0 fully saturated rings. The average Bonchev–Trinajstić information content (AvgIpc) is 2.30. The van der Waals surface area contributed by atoms with E-state index in [9.17, 15) is 4.39 Å². The second-order valence-electron chi connectivity index (χ2n) is 3.57. The molecule has 1 aromatic rings. The van der Waals surface area contributed by atoms with Gasteiger partial charge in [0.2, 0.25) is 0 Å². The molecule has 1 rings (SSSR count). The Morgan fingerprint density at radius 1 is 1.41 bits per heavy atom. The van der Waals surface area contributed by atoms with Gasteiger partial charge < -0.3 is 14.8 Å². The van der Waals surface area contributed by atoms with Crippen molar-refractivity contribution in [1.29, 1.82) is 0 Å². The molecule has 2 N–H and O–H groups in total. The minimum atomic E-state index is -1.83. The lowest BCUT2D eigenvalue weighted by atomic mass is 9.79. The lowest BCUT2D eigenvalue weighted by molar-refractivity contribution is 0.294. The molecule has 1 aromatic carbocycles. The maximum Gasteiger partial charge on any atom is 0.492 e. The standard InChI is InChI=1S/C11H16BFO3S/c1-3-4-7-16-8-5-6-9(17-2)10(11(8)13)12(14)15/h5-6,14-15H,3-4,7H2,1-2H3. The van der Waals surface area contributed by atoms with Gasteiger partial charge in [-0.3, -0.25) is 0 Å². The molecule has 0 atom stereocenters. The van der Waals surface area contributed by atoms with Crippen molar-refractivity contribution >= 4 is 24.3 Å². The summed E-state index contributed by atoms with van der Waals surface area (Å²) < 4.78 is 19.2. The number of thioether (sulfide) groups is 1. The number of halogens is 1. The van der Waals surface area contributed by atoms with Crippen molar-refractivity contribution < 1.29 is 19.2 Å². The Morgan fingerprint density at radius 2 is 2.12 bits per heavy atom. The summed E-state index contributed by atoms with van der Waals surface area (Å²) in [5.74, 6) is -0.623. The molecule has 94 valence electrons. The minimum absolute atomic E-state index is 0.0688. The highest BCUT2D eigenvalue weighted by molar-refractivity contribution is 7.98. The molecule has 0 aromatic heterocycles. The molecule has 0 unspecified atom stereocenters. The summed E-state index contributed by atoms with van der Waals surface area (Å²) in [4.78, 5) is 0.500. The molecule has 17 heavy (non-hydrogen) atoms. The summed E-state index contributed by atoms with van der Waals surface area (Å²) in [6, 6.07) is 3.15. The summed E-state index contributed by atoms with van der Waals surface area (Å²) in [6.45, 7) is 2.44. The highest BCUT2D eigenvalue weighted by Crippen LogP contribution is 2.22. The maximum atomic E-state index is 13.9. The summed E-state index contributed by atoms with van der Waals surface area (Å²) in [7, 11) is -1.83. The third-order valence-electron chi connectivity index (χ3n) is 2.34. The quantitative estimate of drug-likeness (QED) is 0.460. The lowest BCUT2D eigenvalue weighted by Gasteiger charge is -2.12. The second-order valence-corrected chi connectivity index (χ2v) is 4.42. The van der Waals surface area contributed by atoms with Crippen molar-refractivity contribution in [3.8, 4) is 5.75 Å². The summed E-state index contributed by atoms with van der Waals surface area (Å²) in [6.07, 6.45) is 3.54. The van der Waals surface area contributed by atoms with E-state index in [4.69, 9.17) is 14.8 Å². The third-order valence-corrected chi connectivity index (χ3v) is 3.13. The van der Waals surface area contributed by atoms with E-state index in [1.807, 2.05) is 6.92 Å². The van der Waals surface area contributed by atoms with Gasteiger partial charge in [-0.2, -0.15) is 0 Å². The molecule has 0 aliphatic carbocycles. The van der Waals surface area contributed by atoms with Gasteiger partial charge in [-0.15, -0.1) is 11.8 Å². The Balaban J connectivity index is 2.97. The Kier molecular flexibility index (Phi) is 5.81. The van der Waals surface area contributed by atoms with Crippen LogP contribution in [0.5, 0.6) is 5.75 Å². The molecule has 3 nitrogen and oxygen atoms in total. The van der Waals surface area contributed by atoms with Crippen molar-refractivity contribution in [2.45, 2.75) is 24.7 Å². The van der Waals surface area contributed by atoms with Gasteiger partial charge in [0, 0.05) is 10.4 Å². The van der Waals surface area contributed by atoms with Gasteiger partial charge in [0.25, 0.3) is 0 Å². The van der Waals surface area contributed by atoms with Gasteiger partial charge in [-0.25, -0.2) is 4.39 Å². The number of rotatable bonds is 6. The summed E-state index contributed by atoms with van der Waals surface area (Å²) in [5.41, 5.74) is -0.119. The average molecular weight is 258 g/mol. The van der Waals surface area contributed by atoms with E-state index in [1.165, 1.54) is 17.8 Å².